The number of rotatable bonds is 2. The van der Waals surface area contributed by atoms with Crippen LogP contribution in [0.4, 0.5) is 0 Å². The van der Waals surface area contributed by atoms with E-state index < -0.39 is 5.66 Å². The van der Waals surface area contributed by atoms with Gasteiger partial charge in [0.2, 0.25) is 12.2 Å². The Morgan fingerprint density at radius 3 is 1.83 bits per heavy atom. The van der Waals surface area contributed by atoms with Crippen molar-refractivity contribution in [3.63, 3.8) is 0 Å². The fourth-order valence-corrected chi connectivity index (χ4v) is 1.54. The standard InChI is InChI=1S/C8H10N2O2/c11-6-9-8(10-7-12)4-2-1-3-5-8/h1-5H2. The first-order valence-electron chi connectivity index (χ1n) is 4.01. The molecule has 0 bridgehead atoms. The highest BCUT2D eigenvalue weighted by Crippen LogP contribution is 2.31. The predicted molar refractivity (Wildman–Crippen MR) is 42.1 cm³/mol. The number of isocyanates is 2. The molecule has 0 amide bonds. The summed E-state index contributed by atoms with van der Waals surface area (Å²) in [6, 6.07) is 0. The lowest BCUT2D eigenvalue weighted by Crippen LogP contribution is -2.26. The Hall–Kier alpha value is -1.24. The fraction of sp³-hybridized carbons (Fsp3) is 0.750. The molecule has 0 N–H and O–H groups in total. The number of hydrogen-bond donors (Lipinski definition) is 0. The summed E-state index contributed by atoms with van der Waals surface area (Å²) < 4.78 is 0. The van der Waals surface area contributed by atoms with E-state index >= 15 is 0 Å². The normalized spacial score (nSPS) is 20.3. The molecule has 0 unspecified atom stereocenters. The second kappa shape index (κ2) is 3.96. The van der Waals surface area contributed by atoms with Crippen molar-refractivity contribution in [1.82, 2.24) is 0 Å². The molecular weight excluding hydrogens is 156 g/mol. The van der Waals surface area contributed by atoms with Gasteiger partial charge in [-0.15, -0.1) is 0 Å². The fourth-order valence-electron chi connectivity index (χ4n) is 1.54. The van der Waals surface area contributed by atoms with Crippen LogP contribution in [0.25, 0.3) is 0 Å². The molecule has 0 radical (unpaired) electrons. The second-order valence-corrected chi connectivity index (χ2v) is 2.95. The van der Waals surface area contributed by atoms with Crippen LogP contribution in [-0.4, -0.2) is 17.8 Å². The number of aliphatic imine (C=N–C) groups is 2. The Morgan fingerprint density at radius 1 is 0.917 bits per heavy atom. The quantitative estimate of drug-likeness (QED) is 0.458. The van der Waals surface area contributed by atoms with Crippen molar-refractivity contribution in [2.45, 2.75) is 37.8 Å². The van der Waals surface area contributed by atoms with Crippen molar-refractivity contribution >= 4 is 12.2 Å². The first-order valence-corrected chi connectivity index (χ1v) is 4.01. The van der Waals surface area contributed by atoms with Gasteiger partial charge in [0.15, 0.2) is 5.66 Å². The number of nitrogens with zero attached hydrogens (tertiary/aromatic N) is 2. The number of hydrogen-bond acceptors (Lipinski definition) is 4. The van der Waals surface area contributed by atoms with E-state index in [4.69, 9.17) is 0 Å². The highest BCUT2D eigenvalue weighted by molar-refractivity contribution is 5.39. The Balaban J connectivity index is 2.82. The smallest absolute Gasteiger partial charge is 0.211 e. The SMILES string of the molecule is O=C=NC1(N=C=O)CCCCC1. The maximum absolute atomic E-state index is 10.1. The van der Waals surface area contributed by atoms with Crippen LogP contribution in [0.5, 0.6) is 0 Å². The van der Waals surface area contributed by atoms with Gasteiger partial charge in [-0.05, 0) is 25.7 Å². The topological polar surface area (TPSA) is 58.9 Å². The lowest BCUT2D eigenvalue weighted by Gasteiger charge is -2.25. The Bertz CT molecular complexity index is 224. The first kappa shape index (κ1) is 8.85. The molecule has 0 atom stereocenters. The van der Waals surface area contributed by atoms with E-state index in [0.717, 1.165) is 19.3 Å². The van der Waals surface area contributed by atoms with E-state index in [1.54, 1.807) is 0 Å². The monoisotopic (exact) mass is 166 g/mol. The summed E-state index contributed by atoms with van der Waals surface area (Å²) in [7, 11) is 0. The molecule has 0 aromatic rings. The van der Waals surface area contributed by atoms with E-state index in [-0.39, 0.29) is 0 Å². The number of carbonyl (C=O) groups excluding carboxylic acids is 2. The molecule has 1 aliphatic carbocycles. The molecule has 1 fully saturated rings. The van der Waals surface area contributed by atoms with Gasteiger partial charge in [-0.25, -0.2) is 9.59 Å². The molecule has 0 heterocycles. The third-order valence-corrected chi connectivity index (χ3v) is 2.16. The average Bonchev–Trinajstić information content (AvgIpc) is 2.07. The summed E-state index contributed by atoms with van der Waals surface area (Å²) in [4.78, 5) is 27.3. The molecule has 1 rings (SSSR count). The Morgan fingerprint density at radius 2 is 1.42 bits per heavy atom. The first-order chi connectivity index (χ1) is 5.83. The average molecular weight is 166 g/mol. The van der Waals surface area contributed by atoms with Crippen molar-refractivity contribution in [2.75, 3.05) is 0 Å². The molecule has 1 saturated carbocycles. The lowest BCUT2D eigenvalue weighted by molar-refractivity contribution is 0.309. The van der Waals surface area contributed by atoms with E-state index in [2.05, 4.69) is 9.98 Å². The van der Waals surface area contributed by atoms with Gasteiger partial charge in [0.1, 0.15) is 0 Å². The van der Waals surface area contributed by atoms with Gasteiger partial charge in [0, 0.05) is 0 Å². The molecular formula is C8H10N2O2. The predicted octanol–water partition coefficient (Wildman–Crippen LogP) is 1.32. The summed E-state index contributed by atoms with van der Waals surface area (Å²) >= 11 is 0. The van der Waals surface area contributed by atoms with Gasteiger partial charge in [0.05, 0.1) is 0 Å². The minimum Gasteiger partial charge on any atom is -0.211 e. The van der Waals surface area contributed by atoms with Gasteiger partial charge in [-0.3, -0.25) is 0 Å². The Kier molecular flexibility index (Phi) is 2.92. The highest BCUT2D eigenvalue weighted by atomic mass is 16.1. The molecule has 4 nitrogen and oxygen atoms in total. The van der Waals surface area contributed by atoms with Crippen LogP contribution in [-0.2, 0) is 9.59 Å². The minimum atomic E-state index is -0.818. The molecule has 0 saturated heterocycles. The van der Waals surface area contributed by atoms with Gasteiger partial charge in [-0.2, -0.15) is 9.98 Å². The van der Waals surface area contributed by atoms with Crippen molar-refractivity contribution in [3.8, 4) is 0 Å². The summed E-state index contributed by atoms with van der Waals surface area (Å²) in [5.41, 5.74) is -0.818. The van der Waals surface area contributed by atoms with Crippen LogP contribution < -0.4 is 0 Å². The van der Waals surface area contributed by atoms with Crippen LogP contribution in [0, 0.1) is 0 Å². The van der Waals surface area contributed by atoms with E-state index in [1.807, 2.05) is 0 Å². The highest BCUT2D eigenvalue weighted by Gasteiger charge is 2.31. The van der Waals surface area contributed by atoms with Crippen LogP contribution in [0.2, 0.25) is 0 Å². The van der Waals surface area contributed by atoms with Crippen LogP contribution >= 0.6 is 0 Å². The van der Waals surface area contributed by atoms with Crippen LogP contribution in [0.15, 0.2) is 9.98 Å². The van der Waals surface area contributed by atoms with E-state index in [9.17, 15) is 9.59 Å². The van der Waals surface area contributed by atoms with Gasteiger partial charge in [-0.1, -0.05) is 6.42 Å². The third-order valence-electron chi connectivity index (χ3n) is 2.16. The molecule has 0 aliphatic heterocycles. The third kappa shape index (κ3) is 1.88. The lowest BCUT2D eigenvalue weighted by atomic mass is 9.90. The minimum absolute atomic E-state index is 0.664. The van der Waals surface area contributed by atoms with E-state index in [1.165, 1.54) is 12.2 Å². The van der Waals surface area contributed by atoms with Crippen molar-refractivity contribution in [3.05, 3.63) is 0 Å². The van der Waals surface area contributed by atoms with Gasteiger partial charge in [0.25, 0.3) is 0 Å². The maximum Gasteiger partial charge on any atom is 0.237 e. The second-order valence-electron chi connectivity index (χ2n) is 2.95. The summed E-state index contributed by atoms with van der Waals surface area (Å²) in [6.07, 6.45) is 7.28. The maximum atomic E-state index is 10.1. The Labute approximate surface area is 70.4 Å². The van der Waals surface area contributed by atoms with E-state index in [0.29, 0.717) is 12.8 Å². The van der Waals surface area contributed by atoms with Gasteiger partial charge < -0.3 is 0 Å². The molecule has 1 aliphatic rings. The molecule has 64 valence electrons. The molecule has 12 heavy (non-hydrogen) atoms. The van der Waals surface area contributed by atoms with Crippen LogP contribution in [0.3, 0.4) is 0 Å². The summed E-state index contributed by atoms with van der Waals surface area (Å²) in [6.45, 7) is 0. The van der Waals surface area contributed by atoms with Crippen molar-refractivity contribution < 1.29 is 9.59 Å². The largest absolute Gasteiger partial charge is 0.237 e. The van der Waals surface area contributed by atoms with Crippen LogP contribution in [0.1, 0.15) is 32.1 Å². The molecule has 0 aromatic carbocycles. The molecule has 0 spiro atoms. The van der Waals surface area contributed by atoms with Gasteiger partial charge >= 0.3 is 0 Å². The summed E-state index contributed by atoms with van der Waals surface area (Å²) in [5.74, 6) is 0. The summed E-state index contributed by atoms with van der Waals surface area (Å²) in [5, 5.41) is 0. The molecule has 0 aromatic heterocycles. The zero-order valence-corrected chi connectivity index (χ0v) is 6.75. The van der Waals surface area contributed by atoms with Crippen molar-refractivity contribution in [1.29, 1.82) is 0 Å². The zero-order valence-electron chi connectivity index (χ0n) is 6.75. The zero-order chi connectivity index (χ0) is 8.86. The molecule has 4 heteroatoms. The van der Waals surface area contributed by atoms with Crippen molar-refractivity contribution in [2.24, 2.45) is 9.98 Å².